The van der Waals surface area contributed by atoms with Gasteiger partial charge in [-0.15, -0.1) is 0 Å². The summed E-state index contributed by atoms with van der Waals surface area (Å²) in [5.41, 5.74) is 2.80. The van der Waals surface area contributed by atoms with Crippen molar-refractivity contribution in [3.8, 4) is 17.6 Å². The number of benzene rings is 2. The molecule has 1 aromatic heterocycles. The van der Waals surface area contributed by atoms with Crippen molar-refractivity contribution >= 4 is 23.0 Å². The number of methoxy groups -OCH3 is 1. The number of imidazole rings is 1. The highest BCUT2D eigenvalue weighted by Crippen LogP contribution is 2.28. The van der Waals surface area contributed by atoms with Crippen molar-refractivity contribution in [3.05, 3.63) is 59.9 Å². The molecule has 148 valence electrons. The van der Waals surface area contributed by atoms with Gasteiger partial charge in [-0.2, -0.15) is 5.26 Å². The molecule has 0 aliphatic heterocycles. The molecule has 0 aliphatic rings. The van der Waals surface area contributed by atoms with Crippen LogP contribution in [0.5, 0.6) is 11.5 Å². The van der Waals surface area contributed by atoms with Crippen molar-refractivity contribution in [2.45, 2.75) is 13.5 Å². The van der Waals surface area contributed by atoms with Crippen molar-refractivity contribution < 1.29 is 14.3 Å². The lowest BCUT2D eigenvalue weighted by Gasteiger charge is -2.09. The number of para-hydroxylation sites is 2. The molecule has 0 fully saturated rings. The van der Waals surface area contributed by atoms with Crippen LogP contribution in [0, 0.1) is 18.3 Å². The van der Waals surface area contributed by atoms with Crippen molar-refractivity contribution in [1.29, 1.82) is 5.26 Å². The monoisotopic (exact) mass is 390 g/mol. The van der Waals surface area contributed by atoms with Gasteiger partial charge in [0.15, 0.2) is 18.1 Å². The molecular weight excluding hydrogens is 368 g/mol. The van der Waals surface area contributed by atoms with E-state index in [1.165, 1.54) is 13.2 Å². The van der Waals surface area contributed by atoms with Gasteiger partial charge in [0.2, 0.25) is 5.91 Å². The van der Waals surface area contributed by atoms with Crippen LogP contribution in [0.3, 0.4) is 0 Å². The van der Waals surface area contributed by atoms with Crippen LogP contribution >= 0.6 is 0 Å². The molecule has 7 heteroatoms. The van der Waals surface area contributed by atoms with Crippen LogP contribution in [0.2, 0.25) is 0 Å². The summed E-state index contributed by atoms with van der Waals surface area (Å²) in [6.45, 7) is 3.04. The van der Waals surface area contributed by atoms with Gasteiger partial charge >= 0.3 is 0 Å². The first-order valence-corrected chi connectivity index (χ1v) is 9.18. The zero-order valence-electron chi connectivity index (χ0n) is 16.4. The summed E-state index contributed by atoms with van der Waals surface area (Å²) in [7, 11) is 1.52. The van der Waals surface area contributed by atoms with Crippen molar-refractivity contribution in [2.24, 2.45) is 0 Å². The normalized spacial score (nSPS) is 10.8. The van der Waals surface area contributed by atoms with E-state index in [0.717, 1.165) is 22.4 Å². The first-order chi connectivity index (χ1) is 14.1. The molecule has 0 bridgehead atoms. The summed E-state index contributed by atoms with van der Waals surface area (Å²) in [6.07, 6.45) is 3.17. The molecule has 1 amide bonds. The summed E-state index contributed by atoms with van der Waals surface area (Å²) < 4.78 is 12.6. The molecule has 1 heterocycles. The summed E-state index contributed by atoms with van der Waals surface area (Å²) >= 11 is 0. The Hall–Kier alpha value is -3.79. The quantitative estimate of drug-likeness (QED) is 0.597. The van der Waals surface area contributed by atoms with Crippen LogP contribution in [-0.2, 0) is 11.3 Å². The van der Waals surface area contributed by atoms with E-state index < -0.39 is 0 Å². The number of aryl methyl sites for hydroxylation is 1. The third kappa shape index (κ3) is 4.93. The van der Waals surface area contributed by atoms with Crippen LogP contribution < -0.4 is 14.8 Å². The zero-order valence-corrected chi connectivity index (χ0v) is 16.4. The summed E-state index contributed by atoms with van der Waals surface area (Å²) in [5, 5.41) is 11.5. The molecule has 0 atom stereocenters. The minimum atomic E-state index is -0.184. The number of carbonyl (C=O) groups is 1. The topological polar surface area (TPSA) is 89.2 Å². The first-order valence-electron chi connectivity index (χ1n) is 9.18. The maximum absolute atomic E-state index is 12.1. The molecule has 0 aliphatic carbocycles. The van der Waals surface area contributed by atoms with Gasteiger partial charge in [0.1, 0.15) is 11.9 Å². The third-order valence-electron chi connectivity index (χ3n) is 4.39. The maximum Gasteiger partial charge on any atom is 0.244 e. The van der Waals surface area contributed by atoms with Gasteiger partial charge in [-0.1, -0.05) is 18.2 Å². The molecule has 1 N–H and O–H groups in total. The second kappa shape index (κ2) is 9.42. The van der Waals surface area contributed by atoms with Crippen LogP contribution in [0.1, 0.15) is 11.4 Å². The predicted molar refractivity (Wildman–Crippen MR) is 111 cm³/mol. The number of ether oxygens (including phenoxy) is 2. The number of carbonyl (C=O) groups excluding carboxylic acids is 1. The maximum atomic E-state index is 12.1. The molecular formula is C22H22N4O3. The fourth-order valence-corrected chi connectivity index (χ4v) is 3.02. The average Bonchev–Trinajstić information content (AvgIpc) is 3.06. The molecule has 0 unspecified atom stereocenters. The molecule has 2 aromatic carbocycles. The number of aromatic nitrogens is 2. The second-order valence-electron chi connectivity index (χ2n) is 6.28. The number of nitriles is 1. The highest BCUT2D eigenvalue weighted by atomic mass is 16.5. The van der Waals surface area contributed by atoms with E-state index in [1.807, 2.05) is 37.3 Å². The predicted octanol–water partition coefficient (Wildman–Crippen LogP) is 3.09. The number of amides is 1. The van der Waals surface area contributed by atoms with E-state index in [4.69, 9.17) is 14.7 Å². The Morgan fingerprint density at radius 2 is 2.10 bits per heavy atom. The van der Waals surface area contributed by atoms with Crippen molar-refractivity contribution in [1.82, 2.24) is 14.9 Å². The highest BCUT2D eigenvalue weighted by molar-refractivity contribution is 5.91. The van der Waals surface area contributed by atoms with Gasteiger partial charge in [0.05, 0.1) is 18.1 Å². The van der Waals surface area contributed by atoms with Crippen LogP contribution in [0.25, 0.3) is 17.1 Å². The fourth-order valence-electron chi connectivity index (χ4n) is 3.02. The first kappa shape index (κ1) is 20.0. The summed E-state index contributed by atoms with van der Waals surface area (Å²) in [6, 6.07) is 15.1. The van der Waals surface area contributed by atoms with E-state index >= 15 is 0 Å². The zero-order chi connectivity index (χ0) is 20.6. The Labute approximate surface area is 169 Å². The number of nitrogens with zero attached hydrogens (tertiary/aromatic N) is 3. The molecule has 29 heavy (non-hydrogen) atoms. The molecule has 0 saturated heterocycles. The average molecular weight is 390 g/mol. The number of hydrogen-bond acceptors (Lipinski definition) is 5. The Morgan fingerprint density at radius 3 is 2.90 bits per heavy atom. The van der Waals surface area contributed by atoms with Crippen LogP contribution in [-0.4, -0.2) is 35.7 Å². The molecule has 3 rings (SSSR count). The van der Waals surface area contributed by atoms with E-state index in [0.29, 0.717) is 24.6 Å². The van der Waals surface area contributed by atoms with Crippen molar-refractivity contribution in [3.63, 3.8) is 0 Å². The smallest absolute Gasteiger partial charge is 0.244 e. The third-order valence-corrected chi connectivity index (χ3v) is 4.39. The number of hydrogen-bond donors (Lipinski definition) is 1. The van der Waals surface area contributed by atoms with Crippen molar-refractivity contribution in [2.75, 3.05) is 20.3 Å². The lowest BCUT2D eigenvalue weighted by Crippen LogP contribution is -2.25. The van der Waals surface area contributed by atoms with Gasteiger partial charge in [0, 0.05) is 19.2 Å². The SMILES string of the molecule is COc1cc(/C=C/C(=O)NCCn2c(C)nc3ccccc32)ccc1OCC#N. The minimum Gasteiger partial charge on any atom is -0.493 e. The Morgan fingerprint density at radius 1 is 1.28 bits per heavy atom. The Kier molecular flexibility index (Phi) is 6.48. The highest BCUT2D eigenvalue weighted by Gasteiger charge is 2.07. The minimum absolute atomic E-state index is 0.0559. The molecule has 0 saturated carbocycles. The number of rotatable bonds is 8. The number of fused-ring (bicyclic) bond motifs is 1. The van der Waals surface area contributed by atoms with Crippen LogP contribution in [0.15, 0.2) is 48.5 Å². The molecule has 0 spiro atoms. The van der Waals surface area contributed by atoms with E-state index in [2.05, 4.69) is 14.9 Å². The lowest BCUT2D eigenvalue weighted by atomic mass is 10.2. The van der Waals surface area contributed by atoms with E-state index in [1.54, 1.807) is 24.3 Å². The summed E-state index contributed by atoms with van der Waals surface area (Å²) in [5.74, 6) is 1.72. The number of nitrogens with one attached hydrogen (secondary N) is 1. The van der Waals surface area contributed by atoms with Gasteiger partial charge in [0.25, 0.3) is 0 Å². The Bertz CT molecular complexity index is 1080. The Balaban J connectivity index is 1.57. The standard InChI is InChI=1S/C22H22N4O3/c1-16-25-18-5-3-4-6-19(18)26(16)13-12-24-22(27)10-8-17-7-9-20(29-14-11-23)21(15-17)28-2/h3-10,15H,12-14H2,1-2H3,(H,24,27)/b10-8+. The lowest BCUT2D eigenvalue weighted by molar-refractivity contribution is -0.116. The van der Waals surface area contributed by atoms with E-state index in [-0.39, 0.29) is 12.5 Å². The molecule has 3 aromatic rings. The van der Waals surface area contributed by atoms with E-state index in [9.17, 15) is 4.79 Å². The second-order valence-corrected chi connectivity index (χ2v) is 6.28. The molecule has 0 radical (unpaired) electrons. The van der Waals surface area contributed by atoms with Gasteiger partial charge in [-0.3, -0.25) is 4.79 Å². The molecule has 7 nitrogen and oxygen atoms in total. The van der Waals surface area contributed by atoms with Crippen LogP contribution in [0.4, 0.5) is 0 Å². The van der Waals surface area contributed by atoms with Gasteiger partial charge in [-0.25, -0.2) is 4.98 Å². The van der Waals surface area contributed by atoms with Gasteiger partial charge in [-0.05, 0) is 42.8 Å². The largest absolute Gasteiger partial charge is 0.493 e. The van der Waals surface area contributed by atoms with Gasteiger partial charge < -0.3 is 19.4 Å². The fraction of sp³-hybridized carbons (Fsp3) is 0.227. The summed E-state index contributed by atoms with van der Waals surface area (Å²) in [4.78, 5) is 16.7.